The van der Waals surface area contributed by atoms with Gasteiger partial charge >= 0.3 is 0 Å². The van der Waals surface area contributed by atoms with Crippen LogP contribution >= 0.6 is 51.3 Å². The first-order valence-electron chi connectivity index (χ1n) is 10.5. The van der Waals surface area contributed by atoms with Crippen LogP contribution in [0.3, 0.4) is 0 Å². The molecule has 0 amide bonds. The highest BCUT2D eigenvalue weighted by molar-refractivity contribution is 9.10. The van der Waals surface area contributed by atoms with Crippen LogP contribution in [-0.4, -0.2) is 21.5 Å². The standard InChI is InChI=1S/C24H21BrCl2N4O2S/c1-2-32-21-12-15(11-18(25)22(21)33-14-17-19(26)9-6-10-20(17)27)13-28-31-23(29-30-24(31)34)16-7-4-3-5-8-16/h3-12,28H,2,13-14H2,1H3,(H,30,34). The summed E-state index contributed by atoms with van der Waals surface area (Å²) in [5, 5.41) is 8.29. The Bertz CT molecular complexity index is 1320. The van der Waals surface area contributed by atoms with Gasteiger partial charge in [0.15, 0.2) is 17.3 Å². The van der Waals surface area contributed by atoms with E-state index in [1.54, 1.807) is 22.9 Å². The van der Waals surface area contributed by atoms with Gasteiger partial charge in [0.25, 0.3) is 0 Å². The second-order valence-electron chi connectivity index (χ2n) is 7.22. The number of aromatic nitrogens is 3. The molecule has 0 aliphatic carbocycles. The van der Waals surface area contributed by atoms with E-state index in [1.807, 2.05) is 49.4 Å². The molecule has 6 nitrogen and oxygen atoms in total. The van der Waals surface area contributed by atoms with E-state index in [4.69, 9.17) is 44.9 Å². The Balaban J connectivity index is 1.56. The Labute approximate surface area is 220 Å². The minimum atomic E-state index is 0.208. The van der Waals surface area contributed by atoms with Crippen molar-refractivity contribution in [1.29, 1.82) is 0 Å². The minimum absolute atomic E-state index is 0.208. The molecule has 176 valence electrons. The van der Waals surface area contributed by atoms with Crippen LogP contribution in [0.25, 0.3) is 11.4 Å². The zero-order chi connectivity index (χ0) is 24.1. The number of hydrogen-bond donors (Lipinski definition) is 2. The second kappa shape index (κ2) is 11.3. The monoisotopic (exact) mass is 578 g/mol. The predicted molar refractivity (Wildman–Crippen MR) is 142 cm³/mol. The summed E-state index contributed by atoms with van der Waals surface area (Å²) in [7, 11) is 0. The van der Waals surface area contributed by atoms with Crippen molar-refractivity contribution in [3.63, 3.8) is 0 Å². The Hall–Kier alpha value is -2.52. The van der Waals surface area contributed by atoms with Gasteiger partial charge in [-0.3, -0.25) is 0 Å². The van der Waals surface area contributed by atoms with Crippen LogP contribution in [0.4, 0.5) is 0 Å². The molecular weight excluding hydrogens is 559 g/mol. The predicted octanol–water partition coefficient (Wildman–Crippen LogP) is 7.40. The van der Waals surface area contributed by atoms with Crippen LogP contribution in [0.2, 0.25) is 10.0 Å². The number of H-pyrrole nitrogens is 1. The number of rotatable bonds is 9. The van der Waals surface area contributed by atoms with Crippen LogP contribution in [0.5, 0.6) is 11.5 Å². The van der Waals surface area contributed by atoms with Crippen molar-refractivity contribution >= 4 is 51.3 Å². The molecule has 10 heteroatoms. The smallest absolute Gasteiger partial charge is 0.214 e. The Morgan fingerprint density at radius 3 is 2.50 bits per heavy atom. The van der Waals surface area contributed by atoms with E-state index < -0.39 is 0 Å². The van der Waals surface area contributed by atoms with E-state index >= 15 is 0 Å². The summed E-state index contributed by atoms with van der Waals surface area (Å²) in [6, 6.07) is 19.1. The summed E-state index contributed by atoms with van der Waals surface area (Å²) >= 11 is 21.6. The molecule has 0 saturated heterocycles. The normalized spacial score (nSPS) is 10.8. The zero-order valence-corrected chi connectivity index (χ0v) is 22.1. The minimum Gasteiger partial charge on any atom is -0.490 e. The van der Waals surface area contributed by atoms with Gasteiger partial charge in [-0.15, -0.1) is 0 Å². The third-order valence-electron chi connectivity index (χ3n) is 4.94. The molecule has 1 aromatic heterocycles. The zero-order valence-electron chi connectivity index (χ0n) is 18.1. The van der Waals surface area contributed by atoms with E-state index in [9.17, 15) is 0 Å². The van der Waals surface area contributed by atoms with Crippen molar-refractivity contribution < 1.29 is 9.47 Å². The third-order valence-corrected chi connectivity index (χ3v) is 6.51. The number of aromatic amines is 1. The SMILES string of the molecule is CCOc1cc(CNn2c(-c3ccccc3)n[nH]c2=S)cc(Br)c1OCc1c(Cl)cccc1Cl. The summed E-state index contributed by atoms with van der Waals surface area (Å²) in [4.78, 5) is 0. The van der Waals surface area contributed by atoms with Gasteiger partial charge in [0.05, 0.1) is 17.6 Å². The van der Waals surface area contributed by atoms with Gasteiger partial charge < -0.3 is 14.9 Å². The third kappa shape index (κ3) is 5.58. The van der Waals surface area contributed by atoms with E-state index in [0.29, 0.717) is 50.9 Å². The molecular formula is C24H21BrCl2N4O2S. The Kier molecular flexibility index (Phi) is 8.15. The molecule has 2 N–H and O–H groups in total. The highest BCUT2D eigenvalue weighted by Crippen LogP contribution is 2.38. The molecule has 0 saturated carbocycles. The first-order valence-corrected chi connectivity index (χ1v) is 12.4. The van der Waals surface area contributed by atoms with Gasteiger partial charge in [0.1, 0.15) is 6.61 Å². The number of nitrogens with zero attached hydrogens (tertiary/aromatic N) is 2. The van der Waals surface area contributed by atoms with Crippen LogP contribution < -0.4 is 14.9 Å². The van der Waals surface area contributed by atoms with Gasteiger partial charge in [-0.25, -0.2) is 9.77 Å². The van der Waals surface area contributed by atoms with Crippen molar-refractivity contribution in [2.24, 2.45) is 0 Å². The van der Waals surface area contributed by atoms with Gasteiger partial charge in [-0.2, -0.15) is 5.10 Å². The van der Waals surface area contributed by atoms with E-state index in [-0.39, 0.29) is 6.61 Å². The lowest BCUT2D eigenvalue weighted by atomic mass is 10.2. The molecule has 0 atom stereocenters. The van der Waals surface area contributed by atoms with Gasteiger partial charge in [-0.1, -0.05) is 59.6 Å². The van der Waals surface area contributed by atoms with Gasteiger partial charge in [0, 0.05) is 21.2 Å². The Morgan fingerprint density at radius 1 is 1.06 bits per heavy atom. The lowest BCUT2D eigenvalue weighted by molar-refractivity contribution is 0.267. The van der Waals surface area contributed by atoms with Crippen LogP contribution in [0, 0.1) is 4.77 Å². The number of halogens is 3. The first-order chi connectivity index (χ1) is 16.5. The molecule has 0 fully saturated rings. The maximum absolute atomic E-state index is 6.29. The van der Waals surface area contributed by atoms with E-state index in [1.165, 1.54) is 0 Å². The lowest BCUT2D eigenvalue weighted by Gasteiger charge is -2.17. The fourth-order valence-electron chi connectivity index (χ4n) is 3.34. The molecule has 0 spiro atoms. The molecule has 0 unspecified atom stereocenters. The molecule has 34 heavy (non-hydrogen) atoms. The Morgan fingerprint density at radius 2 is 1.79 bits per heavy atom. The van der Waals surface area contributed by atoms with Crippen molar-refractivity contribution in [3.05, 3.63) is 91.1 Å². The fraction of sp³-hybridized carbons (Fsp3) is 0.167. The molecule has 1 heterocycles. The van der Waals surface area contributed by atoms with E-state index in [0.717, 1.165) is 15.6 Å². The molecule has 4 aromatic rings. The van der Waals surface area contributed by atoms with Crippen molar-refractivity contribution in [1.82, 2.24) is 14.9 Å². The lowest BCUT2D eigenvalue weighted by Crippen LogP contribution is -2.16. The highest BCUT2D eigenvalue weighted by atomic mass is 79.9. The highest BCUT2D eigenvalue weighted by Gasteiger charge is 2.15. The maximum Gasteiger partial charge on any atom is 0.214 e. The summed E-state index contributed by atoms with van der Waals surface area (Å²) < 4.78 is 14.9. The quantitative estimate of drug-likeness (QED) is 0.202. The van der Waals surface area contributed by atoms with Crippen LogP contribution in [0.1, 0.15) is 18.1 Å². The average molecular weight is 580 g/mol. The van der Waals surface area contributed by atoms with Crippen molar-refractivity contribution in [2.75, 3.05) is 12.0 Å². The number of nitrogens with one attached hydrogen (secondary N) is 2. The number of hydrogen-bond acceptors (Lipinski definition) is 5. The fourth-order valence-corrected chi connectivity index (χ4v) is 4.64. The largest absolute Gasteiger partial charge is 0.490 e. The summed E-state index contributed by atoms with van der Waals surface area (Å²) in [6.45, 7) is 3.09. The molecule has 3 aromatic carbocycles. The van der Waals surface area contributed by atoms with Crippen molar-refractivity contribution in [3.8, 4) is 22.9 Å². The molecule has 4 rings (SSSR count). The number of benzene rings is 3. The van der Waals surface area contributed by atoms with Crippen LogP contribution in [0.15, 0.2) is 65.1 Å². The topological polar surface area (TPSA) is 64.1 Å². The first kappa shape index (κ1) is 24.6. The average Bonchev–Trinajstić information content (AvgIpc) is 3.19. The molecule has 0 radical (unpaired) electrons. The molecule has 0 aliphatic heterocycles. The summed E-state index contributed by atoms with van der Waals surface area (Å²) in [6.07, 6.45) is 0. The maximum atomic E-state index is 6.29. The summed E-state index contributed by atoms with van der Waals surface area (Å²) in [5.41, 5.74) is 5.95. The molecule has 0 bridgehead atoms. The van der Waals surface area contributed by atoms with Crippen molar-refractivity contribution in [2.45, 2.75) is 20.1 Å². The van der Waals surface area contributed by atoms with Gasteiger partial charge in [0.2, 0.25) is 4.77 Å². The number of ether oxygens (including phenoxy) is 2. The molecule has 0 aliphatic rings. The summed E-state index contributed by atoms with van der Waals surface area (Å²) in [5.74, 6) is 1.88. The van der Waals surface area contributed by atoms with Gasteiger partial charge in [-0.05, 0) is 64.9 Å². The van der Waals surface area contributed by atoms with E-state index in [2.05, 4.69) is 31.6 Å². The second-order valence-corrected chi connectivity index (χ2v) is 9.27. The van der Waals surface area contributed by atoms with Crippen LogP contribution in [-0.2, 0) is 13.2 Å².